The standard InChI is InChI=1S/C22H21ClN4O6/c1-26(12-19(29)24-17-5-3-2-4-16(17)23)21(31)13-33-22(32)14-6-8-15(9-7-14)27-20(30)11-10-18(28)25-27/h2-9H,10-13H2,1H3,(H,24,29)(H,25,28). The second kappa shape index (κ2) is 10.6. The van der Waals surface area contributed by atoms with Gasteiger partial charge >= 0.3 is 5.97 Å². The maximum absolute atomic E-state index is 12.2. The Balaban J connectivity index is 1.48. The van der Waals surface area contributed by atoms with Crippen LogP contribution in [0.15, 0.2) is 48.5 Å². The highest BCUT2D eigenvalue weighted by atomic mass is 35.5. The summed E-state index contributed by atoms with van der Waals surface area (Å²) in [6.07, 6.45) is 0.228. The zero-order valence-corrected chi connectivity index (χ0v) is 18.4. The second-order valence-corrected chi connectivity index (χ2v) is 7.57. The lowest BCUT2D eigenvalue weighted by Crippen LogP contribution is -2.50. The summed E-state index contributed by atoms with van der Waals surface area (Å²) in [4.78, 5) is 61.1. The summed E-state index contributed by atoms with van der Waals surface area (Å²) in [5, 5.41) is 4.08. The third-order valence-corrected chi connectivity index (χ3v) is 5.02. The minimum Gasteiger partial charge on any atom is -0.452 e. The molecule has 0 bridgehead atoms. The summed E-state index contributed by atoms with van der Waals surface area (Å²) < 4.78 is 5.02. The number of ether oxygens (including phenoxy) is 1. The molecule has 2 aromatic carbocycles. The van der Waals surface area contributed by atoms with Gasteiger partial charge in [-0.25, -0.2) is 9.80 Å². The highest BCUT2D eigenvalue weighted by Crippen LogP contribution is 2.20. The molecule has 0 unspecified atom stereocenters. The van der Waals surface area contributed by atoms with Crippen LogP contribution in [0.3, 0.4) is 0 Å². The molecule has 10 nitrogen and oxygen atoms in total. The molecule has 33 heavy (non-hydrogen) atoms. The first-order valence-corrected chi connectivity index (χ1v) is 10.3. The Morgan fingerprint density at radius 1 is 1.09 bits per heavy atom. The number of hydrazine groups is 1. The molecule has 0 atom stereocenters. The molecule has 0 aromatic heterocycles. The summed E-state index contributed by atoms with van der Waals surface area (Å²) in [5.74, 6) is -2.33. The van der Waals surface area contributed by atoms with E-state index in [1.54, 1.807) is 24.3 Å². The van der Waals surface area contributed by atoms with Crippen LogP contribution in [0.25, 0.3) is 0 Å². The molecule has 0 aliphatic carbocycles. The van der Waals surface area contributed by atoms with Crippen molar-refractivity contribution in [2.45, 2.75) is 12.8 Å². The van der Waals surface area contributed by atoms with E-state index in [4.69, 9.17) is 16.3 Å². The molecule has 0 spiro atoms. The van der Waals surface area contributed by atoms with Gasteiger partial charge in [0, 0.05) is 19.9 Å². The topological polar surface area (TPSA) is 125 Å². The molecule has 1 aliphatic rings. The lowest BCUT2D eigenvalue weighted by molar-refractivity contribution is -0.136. The first-order chi connectivity index (χ1) is 15.7. The van der Waals surface area contributed by atoms with Crippen LogP contribution in [0.1, 0.15) is 23.2 Å². The fraction of sp³-hybridized carbons (Fsp3) is 0.227. The molecule has 0 saturated carbocycles. The summed E-state index contributed by atoms with van der Waals surface area (Å²) in [5.41, 5.74) is 3.43. The minimum atomic E-state index is -0.752. The molecule has 2 N–H and O–H groups in total. The Bertz CT molecular complexity index is 1090. The van der Waals surface area contributed by atoms with Crippen molar-refractivity contribution in [1.82, 2.24) is 10.3 Å². The maximum atomic E-state index is 12.2. The van der Waals surface area contributed by atoms with Gasteiger partial charge in [-0.2, -0.15) is 0 Å². The van der Waals surface area contributed by atoms with E-state index < -0.39 is 24.4 Å². The number of esters is 1. The van der Waals surface area contributed by atoms with Crippen LogP contribution in [0, 0.1) is 0 Å². The number of halogens is 1. The number of anilines is 2. The van der Waals surface area contributed by atoms with E-state index in [2.05, 4.69) is 10.7 Å². The Kier molecular flexibility index (Phi) is 7.62. The Labute approximate surface area is 194 Å². The Morgan fingerprint density at radius 2 is 1.79 bits per heavy atom. The van der Waals surface area contributed by atoms with Crippen molar-refractivity contribution in [2.75, 3.05) is 30.5 Å². The molecule has 1 saturated heterocycles. The summed E-state index contributed by atoms with van der Waals surface area (Å²) >= 11 is 5.99. The molecule has 1 aliphatic heterocycles. The molecule has 2 aromatic rings. The first-order valence-electron chi connectivity index (χ1n) is 9.92. The number of likely N-dealkylation sites (N-methyl/N-ethyl adjacent to an activating group) is 1. The summed E-state index contributed by atoms with van der Waals surface area (Å²) in [6.45, 7) is -0.816. The van der Waals surface area contributed by atoms with E-state index in [1.165, 1.54) is 31.3 Å². The van der Waals surface area contributed by atoms with Gasteiger partial charge in [0.15, 0.2) is 6.61 Å². The molecule has 0 radical (unpaired) electrons. The molecule has 1 heterocycles. The zero-order chi connectivity index (χ0) is 24.0. The van der Waals surface area contributed by atoms with Crippen LogP contribution in [0.2, 0.25) is 5.02 Å². The van der Waals surface area contributed by atoms with Gasteiger partial charge in [0.2, 0.25) is 17.7 Å². The van der Waals surface area contributed by atoms with Crippen molar-refractivity contribution in [3.63, 3.8) is 0 Å². The number of para-hydroxylation sites is 1. The molecular formula is C22H21ClN4O6. The van der Waals surface area contributed by atoms with E-state index >= 15 is 0 Å². The van der Waals surface area contributed by atoms with Crippen LogP contribution in [-0.2, 0) is 23.9 Å². The van der Waals surface area contributed by atoms with Crippen LogP contribution >= 0.6 is 11.6 Å². The maximum Gasteiger partial charge on any atom is 0.338 e. The average Bonchev–Trinajstić information content (AvgIpc) is 2.80. The van der Waals surface area contributed by atoms with E-state index in [9.17, 15) is 24.0 Å². The van der Waals surface area contributed by atoms with Gasteiger partial charge in [0.1, 0.15) is 0 Å². The predicted octanol–water partition coefficient (Wildman–Crippen LogP) is 1.75. The smallest absolute Gasteiger partial charge is 0.338 e. The summed E-state index contributed by atoms with van der Waals surface area (Å²) in [6, 6.07) is 12.5. The van der Waals surface area contributed by atoms with E-state index in [0.29, 0.717) is 16.4 Å². The minimum absolute atomic E-state index is 0.0989. The molecule has 3 rings (SSSR count). The van der Waals surface area contributed by atoms with Crippen molar-refractivity contribution in [3.8, 4) is 0 Å². The number of nitrogens with one attached hydrogen (secondary N) is 2. The quantitative estimate of drug-likeness (QED) is 0.591. The lowest BCUT2D eigenvalue weighted by Gasteiger charge is -2.27. The van der Waals surface area contributed by atoms with Crippen molar-refractivity contribution < 1.29 is 28.7 Å². The van der Waals surface area contributed by atoms with Gasteiger partial charge in [0.05, 0.1) is 28.5 Å². The highest BCUT2D eigenvalue weighted by molar-refractivity contribution is 6.33. The highest BCUT2D eigenvalue weighted by Gasteiger charge is 2.24. The number of amides is 4. The van der Waals surface area contributed by atoms with Gasteiger partial charge in [-0.15, -0.1) is 0 Å². The molecule has 11 heteroatoms. The van der Waals surface area contributed by atoms with E-state index in [-0.39, 0.29) is 36.8 Å². The third-order valence-electron chi connectivity index (χ3n) is 4.69. The average molecular weight is 473 g/mol. The van der Waals surface area contributed by atoms with Gasteiger partial charge in [-0.3, -0.25) is 24.6 Å². The number of hydrogen-bond donors (Lipinski definition) is 2. The lowest BCUT2D eigenvalue weighted by atomic mass is 10.2. The molecule has 172 valence electrons. The molecular weight excluding hydrogens is 452 g/mol. The zero-order valence-electron chi connectivity index (χ0n) is 17.7. The first kappa shape index (κ1) is 23.7. The predicted molar refractivity (Wildman–Crippen MR) is 119 cm³/mol. The van der Waals surface area contributed by atoms with Gasteiger partial charge < -0.3 is 15.0 Å². The number of nitrogens with zero attached hydrogens (tertiary/aromatic N) is 2. The van der Waals surface area contributed by atoms with Gasteiger partial charge in [-0.05, 0) is 36.4 Å². The largest absolute Gasteiger partial charge is 0.452 e. The number of carbonyl (C=O) groups excluding carboxylic acids is 5. The van der Waals surface area contributed by atoms with Crippen molar-refractivity contribution in [3.05, 3.63) is 59.1 Å². The number of benzene rings is 2. The van der Waals surface area contributed by atoms with Gasteiger partial charge in [-0.1, -0.05) is 23.7 Å². The summed E-state index contributed by atoms with van der Waals surface area (Å²) in [7, 11) is 1.40. The SMILES string of the molecule is CN(CC(=O)Nc1ccccc1Cl)C(=O)COC(=O)c1ccc(N2NC(=O)CCC2=O)cc1. The van der Waals surface area contributed by atoms with Gasteiger partial charge in [0.25, 0.3) is 5.91 Å². The van der Waals surface area contributed by atoms with E-state index in [1.807, 2.05) is 0 Å². The van der Waals surface area contributed by atoms with E-state index in [0.717, 1.165) is 9.91 Å². The number of carbonyl (C=O) groups is 5. The normalized spacial score (nSPS) is 13.2. The number of hydrogen-bond acceptors (Lipinski definition) is 6. The Morgan fingerprint density at radius 3 is 2.48 bits per heavy atom. The van der Waals surface area contributed by atoms with Crippen LogP contribution < -0.4 is 15.8 Å². The Hall–Kier alpha value is -3.92. The monoisotopic (exact) mass is 472 g/mol. The fourth-order valence-electron chi connectivity index (χ4n) is 2.91. The third kappa shape index (κ3) is 6.30. The van der Waals surface area contributed by atoms with Crippen LogP contribution in [0.5, 0.6) is 0 Å². The molecule has 4 amide bonds. The van der Waals surface area contributed by atoms with Crippen molar-refractivity contribution in [1.29, 1.82) is 0 Å². The second-order valence-electron chi connectivity index (χ2n) is 7.16. The fourth-order valence-corrected chi connectivity index (χ4v) is 3.09. The molecule has 1 fully saturated rings. The number of rotatable bonds is 7. The van der Waals surface area contributed by atoms with Crippen LogP contribution in [-0.4, -0.2) is 54.7 Å². The van der Waals surface area contributed by atoms with Crippen LogP contribution in [0.4, 0.5) is 11.4 Å². The van der Waals surface area contributed by atoms with Crippen molar-refractivity contribution >= 4 is 52.6 Å². The van der Waals surface area contributed by atoms with Crippen molar-refractivity contribution in [2.24, 2.45) is 0 Å².